The highest BCUT2D eigenvalue weighted by Gasteiger charge is 2.24. The Balaban J connectivity index is 1.45. The normalized spacial score (nSPS) is 13.5. The van der Waals surface area contributed by atoms with Crippen molar-refractivity contribution in [3.63, 3.8) is 0 Å². The van der Waals surface area contributed by atoms with Gasteiger partial charge in [-0.3, -0.25) is 0 Å². The molecule has 1 aliphatic heterocycles. The summed E-state index contributed by atoms with van der Waals surface area (Å²) in [4.78, 5) is 3.57. The van der Waals surface area contributed by atoms with Gasteiger partial charge in [0, 0.05) is 22.8 Å². The lowest BCUT2D eigenvalue weighted by Crippen LogP contribution is -2.28. The smallest absolute Gasteiger partial charge is 0.253 e. The van der Waals surface area contributed by atoms with E-state index in [9.17, 15) is 0 Å². The highest BCUT2D eigenvalue weighted by atomic mass is 32.2. The molecule has 0 aliphatic carbocycles. The Labute approximate surface area is 166 Å². The average molecular weight is 390 g/mol. The van der Waals surface area contributed by atoms with Crippen LogP contribution in [0.25, 0.3) is 22.7 Å². The third kappa shape index (κ3) is 3.07. The van der Waals surface area contributed by atoms with Gasteiger partial charge in [-0.15, -0.1) is 22.0 Å². The van der Waals surface area contributed by atoms with Crippen LogP contribution in [0.4, 0.5) is 5.69 Å². The third-order valence-corrected chi connectivity index (χ3v) is 5.78. The summed E-state index contributed by atoms with van der Waals surface area (Å²) in [5, 5.41) is 12.8. The number of hydrogen-bond acceptors (Lipinski definition) is 7. The van der Waals surface area contributed by atoms with Gasteiger partial charge in [0.15, 0.2) is 0 Å². The molecule has 2 aromatic carbocycles. The summed E-state index contributed by atoms with van der Waals surface area (Å²) in [6.45, 7) is 3.38. The molecule has 0 spiro atoms. The summed E-state index contributed by atoms with van der Waals surface area (Å²) in [7, 11) is 0. The van der Waals surface area contributed by atoms with Crippen LogP contribution in [0.5, 0.6) is 0 Å². The summed E-state index contributed by atoms with van der Waals surface area (Å²) >= 11 is 1.88. The molecule has 5 rings (SSSR count). The van der Waals surface area contributed by atoms with Gasteiger partial charge in [-0.25, -0.2) is 0 Å². The van der Waals surface area contributed by atoms with Crippen LogP contribution in [-0.2, 0) is 6.54 Å². The zero-order valence-electron chi connectivity index (χ0n) is 15.3. The van der Waals surface area contributed by atoms with Crippen molar-refractivity contribution >= 4 is 17.4 Å². The zero-order valence-corrected chi connectivity index (χ0v) is 16.1. The molecule has 4 aromatic rings. The second-order valence-electron chi connectivity index (χ2n) is 6.57. The monoisotopic (exact) mass is 390 g/mol. The van der Waals surface area contributed by atoms with Crippen LogP contribution in [0.1, 0.15) is 11.7 Å². The zero-order chi connectivity index (χ0) is 18.9. The molecule has 7 heteroatoms. The van der Waals surface area contributed by atoms with Gasteiger partial charge >= 0.3 is 0 Å². The molecule has 3 heterocycles. The van der Waals surface area contributed by atoms with Crippen molar-refractivity contribution < 1.29 is 8.94 Å². The first-order valence-corrected chi connectivity index (χ1v) is 10.1. The van der Waals surface area contributed by atoms with Crippen LogP contribution in [-0.4, -0.2) is 27.7 Å². The fraction of sp³-hybridized carbons (Fsp3) is 0.190. The van der Waals surface area contributed by atoms with Crippen molar-refractivity contribution in [1.82, 2.24) is 15.4 Å². The molecule has 0 radical (unpaired) electrons. The van der Waals surface area contributed by atoms with Crippen LogP contribution in [0.3, 0.4) is 0 Å². The second kappa shape index (κ2) is 7.16. The molecule has 0 fully saturated rings. The summed E-state index contributed by atoms with van der Waals surface area (Å²) in [5.41, 5.74) is 3.63. The molecule has 140 valence electrons. The summed E-state index contributed by atoms with van der Waals surface area (Å²) in [5.74, 6) is 2.72. The number of para-hydroxylation sites is 1. The molecule has 1 aliphatic rings. The second-order valence-corrected chi connectivity index (χ2v) is 7.70. The Hall–Kier alpha value is -3.06. The molecule has 0 saturated carbocycles. The van der Waals surface area contributed by atoms with Crippen molar-refractivity contribution in [2.75, 3.05) is 17.2 Å². The lowest BCUT2D eigenvalue weighted by atomic mass is 10.1. The molecular weight excluding hydrogens is 372 g/mol. The van der Waals surface area contributed by atoms with Gasteiger partial charge in [0.2, 0.25) is 5.89 Å². The molecule has 0 bridgehead atoms. The van der Waals surface area contributed by atoms with E-state index >= 15 is 0 Å². The van der Waals surface area contributed by atoms with E-state index in [2.05, 4.69) is 44.5 Å². The number of aromatic nitrogens is 3. The van der Waals surface area contributed by atoms with Crippen molar-refractivity contribution in [2.24, 2.45) is 0 Å². The Morgan fingerprint density at radius 3 is 2.75 bits per heavy atom. The van der Waals surface area contributed by atoms with Gasteiger partial charge in [-0.2, -0.15) is 0 Å². The van der Waals surface area contributed by atoms with E-state index in [4.69, 9.17) is 8.94 Å². The lowest BCUT2D eigenvalue weighted by Gasteiger charge is -2.29. The summed E-state index contributed by atoms with van der Waals surface area (Å²) in [6.07, 6.45) is 0. The Morgan fingerprint density at radius 2 is 1.86 bits per heavy atom. The van der Waals surface area contributed by atoms with Gasteiger partial charge in [0.1, 0.15) is 17.0 Å². The van der Waals surface area contributed by atoms with E-state index in [1.165, 1.54) is 10.6 Å². The maximum absolute atomic E-state index is 6.02. The third-order valence-electron chi connectivity index (χ3n) is 4.74. The number of thioether (sulfide) groups is 1. The molecule has 0 saturated heterocycles. The fourth-order valence-corrected chi connectivity index (χ4v) is 4.44. The number of anilines is 1. The van der Waals surface area contributed by atoms with Crippen molar-refractivity contribution in [3.05, 3.63) is 66.2 Å². The van der Waals surface area contributed by atoms with Crippen LogP contribution in [0.15, 0.2) is 68.4 Å². The van der Waals surface area contributed by atoms with Gasteiger partial charge < -0.3 is 13.8 Å². The minimum absolute atomic E-state index is 0.437. The van der Waals surface area contributed by atoms with E-state index in [1.54, 1.807) is 0 Å². The Bertz CT molecular complexity index is 1110. The number of aryl methyl sites for hydroxylation is 1. The van der Waals surface area contributed by atoms with Crippen LogP contribution in [0.2, 0.25) is 0 Å². The molecule has 0 amide bonds. The van der Waals surface area contributed by atoms with Crippen LogP contribution in [0, 0.1) is 6.92 Å². The van der Waals surface area contributed by atoms with Crippen LogP contribution < -0.4 is 4.90 Å². The molecule has 0 unspecified atom stereocenters. The maximum Gasteiger partial charge on any atom is 0.253 e. The fourth-order valence-electron chi connectivity index (χ4n) is 3.39. The number of hydrogen-bond donors (Lipinski definition) is 0. The van der Waals surface area contributed by atoms with E-state index in [-0.39, 0.29) is 0 Å². The van der Waals surface area contributed by atoms with Crippen LogP contribution >= 0.6 is 11.8 Å². The maximum atomic E-state index is 6.02. The van der Waals surface area contributed by atoms with E-state index in [0.29, 0.717) is 29.8 Å². The number of fused-ring (bicyclic) bond motifs is 1. The molecule has 0 atom stereocenters. The van der Waals surface area contributed by atoms with Gasteiger partial charge in [0.05, 0.1) is 12.2 Å². The predicted molar refractivity (Wildman–Crippen MR) is 108 cm³/mol. The SMILES string of the molecule is Cc1onc(-c2ccccc2)c1-c1nnc(CN2CCSc3ccccc32)o1. The van der Waals surface area contributed by atoms with Gasteiger partial charge in [-0.1, -0.05) is 47.6 Å². The highest BCUT2D eigenvalue weighted by Crippen LogP contribution is 2.36. The van der Waals surface area contributed by atoms with Gasteiger partial charge in [-0.05, 0) is 19.1 Å². The number of rotatable bonds is 4. The minimum atomic E-state index is 0.437. The van der Waals surface area contributed by atoms with Crippen molar-refractivity contribution in [1.29, 1.82) is 0 Å². The first kappa shape index (κ1) is 17.1. The number of nitrogens with zero attached hydrogens (tertiary/aromatic N) is 4. The summed E-state index contributed by atoms with van der Waals surface area (Å²) in [6, 6.07) is 18.3. The van der Waals surface area contributed by atoms with E-state index in [1.807, 2.05) is 49.0 Å². The van der Waals surface area contributed by atoms with Crippen molar-refractivity contribution in [3.8, 4) is 22.7 Å². The first-order chi connectivity index (χ1) is 13.8. The largest absolute Gasteiger partial charge is 0.419 e. The van der Waals surface area contributed by atoms with Gasteiger partial charge in [0.25, 0.3) is 5.89 Å². The van der Waals surface area contributed by atoms with Crippen molar-refractivity contribution in [2.45, 2.75) is 18.4 Å². The van der Waals surface area contributed by atoms with E-state index < -0.39 is 0 Å². The standard InChI is InChI=1S/C21H18N4O2S/c1-14-19(20(24-27-14)15-7-3-2-4-8-15)21-23-22-18(26-21)13-25-11-12-28-17-10-6-5-9-16(17)25/h2-10H,11-13H2,1H3. The minimum Gasteiger partial charge on any atom is -0.419 e. The predicted octanol–water partition coefficient (Wildman–Crippen LogP) is 4.81. The molecular formula is C21H18N4O2S. The topological polar surface area (TPSA) is 68.2 Å². The molecule has 0 N–H and O–H groups in total. The lowest BCUT2D eigenvalue weighted by molar-refractivity contribution is 0.399. The van der Waals surface area contributed by atoms with E-state index in [0.717, 1.165) is 23.4 Å². The molecule has 6 nitrogen and oxygen atoms in total. The summed E-state index contributed by atoms with van der Waals surface area (Å²) < 4.78 is 11.4. The molecule has 28 heavy (non-hydrogen) atoms. The Morgan fingerprint density at radius 1 is 1.04 bits per heavy atom. The highest BCUT2D eigenvalue weighted by molar-refractivity contribution is 7.99. The quantitative estimate of drug-likeness (QED) is 0.495. The Kier molecular flexibility index (Phi) is 4.37. The molecule has 2 aromatic heterocycles. The number of benzene rings is 2. The average Bonchev–Trinajstić information content (AvgIpc) is 3.35. The first-order valence-electron chi connectivity index (χ1n) is 9.11.